The molecule has 0 heterocycles. The van der Waals surface area contributed by atoms with Crippen LogP contribution >= 0.6 is 15.9 Å². The second-order valence-electron chi connectivity index (χ2n) is 5.47. The van der Waals surface area contributed by atoms with E-state index >= 15 is 0 Å². The van der Waals surface area contributed by atoms with Crippen molar-refractivity contribution in [3.63, 3.8) is 0 Å². The van der Waals surface area contributed by atoms with Crippen LogP contribution in [0.2, 0.25) is 0 Å². The van der Waals surface area contributed by atoms with Gasteiger partial charge in [-0.15, -0.1) is 0 Å². The summed E-state index contributed by atoms with van der Waals surface area (Å²) in [6.45, 7) is 6.02. The zero-order chi connectivity index (χ0) is 15.7. The van der Waals surface area contributed by atoms with E-state index in [-0.39, 0.29) is 5.56 Å². The number of halogens is 3. The fourth-order valence-corrected chi connectivity index (χ4v) is 3.16. The number of benzene rings is 2. The van der Waals surface area contributed by atoms with E-state index in [0.717, 1.165) is 16.7 Å². The predicted molar refractivity (Wildman–Crippen MR) is 85.3 cm³/mol. The van der Waals surface area contributed by atoms with Crippen molar-refractivity contribution in [3.8, 4) is 0 Å². The first-order chi connectivity index (χ1) is 9.79. The largest absolute Gasteiger partial charge is 0.323 e. The maximum Gasteiger partial charge on any atom is 0.132 e. The molecule has 0 aliphatic carbocycles. The topological polar surface area (TPSA) is 26.0 Å². The average Bonchev–Trinajstić information content (AvgIpc) is 2.32. The van der Waals surface area contributed by atoms with Gasteiger partial charge in [0.15, 0.2) is 0 Å². The van der Waals surface area contributed by atoms with Gasteiger partial charge in [0.25, 0.3) is 0 Å². The highest BCUT2D eigenvalue weighted by Crippen LogP contribution is 2.28. The Morgan fingerprint density at radius 1 is 1.00 bits per heavy atom. The monoisotopic (exact) mass is 353 g/mol. The van der Waals surface area contributed by atoms with Crippen molar-refractivity contribution in [2.24, 2.45) is 5.73 Å². The third kappa shape index (κ3) is 3.50. The summed E-state index contributed by atoms with van der Waals surface area (Å²) in [5.74, 6) is -1.23. The van der Waals surface area contributed by atoms with Gasteiger partial charge in [-0.3, -0.25) is 0 Å². The van der Waals surface area contributed by atoms with Crippen LogP contribution in [0, 0.1) is 32.4 Å². The normalized spacial score (nSPS) is 12.5. The van der Waals surface area contributed by atoms with Crippen LogP contribution in [-0.2, 0) is 6.42 Å². The molecule has 1 unspecified atom stereocenters. The van der Waals surface area contributed by atoms with Crippen molar-refractivity contribution < 1.29 is 8.78 Å². The molecular formula is C17H18BrF2N. The van der Waals surface area contributed by atoms with Crippen LogP contribution in [0.25, 0.3) is 0 Å². The van der Waals surface area contributed by atoms with Gasteiger partial charge in [0, 0.05) is 16.1 Å². The zero-order valence-corrected chi connectivity index (χ0v) is 13.9. The third-order valence-corrected chi connectivity index (χ3v) is 4.14. The molecule has 2 rings (SSSR count). The van der Waals surface area contributed by atoms with E-state index in [2.05, 4.69) is 28.1 Å². The third-order valence-electron chi connectivity index (χ3n) is 3.68. The molecule has 2 N–H and O–H groups in total. The lowest BCUT2D eigenvalue weighted by Gasteiger charge is -2.18. The van der Waals surface area contributed by atoms with Gasteiger partial charge >= 0.3 is 0 Å². The number of hydrogen-bond donors (Lipinski definition) is 1. The van der Waals surface area contributed by atoms with E-state index in [1.54, 1.807) is 0 Å². The first-order valence-corrected chi connectivity index (χ1v) is 7.55. The molecule has 0 aromatic heterocycles. The Labute approximate surface area is 132 Å². The molecular weight excluding hydrogens is 336 g/mol. The van der Waals surface area contributed by atoms with E-state index in [0.29, 0.717) is 10.9 Å². The molecule has 0 fully saturated rings. The van der Waals surface area contributed by atoms with Crippen molar-refractivity contribution in [1.29, 1.82) is 0 Å². The maximum absolute atomic E-state index is 14.0. The van der Waals surface area contributed by atoms with Gasteiger partial charge in [0.05, 0.1) is 0 Å². The molecule has 2 aromatic carbocycles. The molecule has 0 aliphatic rings. The van der Waals surface area contributed by atoms with Crippen LogP contribution in [0.4, 0.5) is 8.78 Å². The Bertz CT molecular complexity index is 636. The Balaban J connectivity index is 2.37. The molecule has 1 atom stereocenters. The van der Waals surface area contributed by atoms with Crippen LogP contribution in [0.1, 0.15) is 33.9 Å². The first kappa shape index (κ1) is 16.1. The summed E-state index contributed by atoms with van der Waals surface area (Å²) in [5.41, 5.74) is 10.4. The summed E-state index contributed by atoms with van der Waals surface area (Å²) >= 11 is 3.07. The average molecular weight is 354 g/mol. The molecule has 1 nitrogen and oxygen atoms in total. The highest BCUT2D eigenvalue weighted by atomic mass is 79.9. The smallest absolute Gasteiger partial charge is 0.132 e. The highest BCUT2D eigenvalue weighted by molar-refractivity contribution is 9.10. The summed E-state index contributed by atoms with van der Waals surface area (Å²) in [7, 11) is 0. The van der Waals surface area contributed by atoms with Crippen LogP contribution in [0.15, 0.2) is 28.7 Å². The Kier molecular flexibility index (Phi) is 4.79. The summed E-state index contributed by atoms with van der Waals surface area (Å²) in [4.78, 5) is 0. The predicted octanol–water partition coefficient (Wildman–Crippen LogP) is 4.90. The second-order valence-corrected chi connectivity index (χ2v) is 6.39. The number of aryl methyl sites for hydroxylation is 3. The molecule has 2 aromatic rings. The van der Waals surface area contributed by atoms with Crippen molar-refractivity contribution in [3.05, 3.63) is 68.2 Å². The molecule has 0 radical (unpaired) electrons. The molecule has 0 saturated carbocycles. The Hall–Kier alpha value is -1.26. The minimum atomic E-state index is -0.710. The Morgan fingerprint density at radius 2 is 1.48 bits per heavy atom. The SMILES string of the molecule is Cc1cc(C)c(CC(N)c2c(F)cc(Br)cc2F)c(C)c1. The molecule has 0 aliphatic heterocycles. The fourth-order valence-electron chi connectivity index (χ4n) is 2.76. The highest BCUT2D eigenvalue weighted by Gasteiger charge is 2.19. The molecule has 0 saturated heterocycles. The van der Waals surface area contributed by atoms with E-state index in [1.807, 2.05) is 20.8 Å². The number of nitrogens with two attached hydrogens (primary N) is 1. The van der Waals surface area contributed by atoms with Gasteiger partial charge in [-0.05, 0) is 56.0 Å². The van der Waals surface area contributed by atoms with Gasteiger partial charge in [-0.2, -0.15) is 0 Å². The van der Waals surface area contributed by atoms with Crippen LogP contribution in [0.3, 0.4) is 0 Å². The van der Waals surface area contributed by atoms with Crippen molar-refractivity contribution in [1.82, 2.24) is 0 Å². The lowest BCUT2D eigenvalue weighted by Crippen LogP contribution is -2.18. The minimum absolute atomic E-state index is 0.0578. The summed E-state index contributed by atoms with van der Waals surface area (Å²) < 4.78 is 28.3. The van der Waals surface area contributed by atoms with Gasteiger partial charge in [-0.25, -0.2) is 8.78 Å². The summed E-state index contributed by atoms with van der Waals surface area (Å²) in [5, 5.41) is 0. The molecule has 0 spiro atoms. The maximum atomic E-state index is 14.0. The lowest BCUT2D eigenvalue weighted by molar-refractivity contribution is 0.523. The van der Waals surface area contributed by atoms with Gasteiger partial charge in [-0.1, -0.05) is 33.6 Å². The van der Waals surface area contributed by atoms with E-state index < -0.39 is 17.7 Å². The van der Waals surface area contributed by atoms with E-state index in [1.165, 1.54) is 17.7 Å². The van der Waals surface area contributed by atoms with Crippen LogP contribution < -0.4 is 5.73 Å². The standard InChI is InChI=1S/C17H18BrF2N/c1-9-4-10(2)13(11(3)5-9)8-16(21)17-14(19)6-12(18)7-15(17)20/h4-7,16H,8,21H2,1-3H3. The van der Waals surface area contributed by atoms with E-state index in [9.17, 15) is 8.78 Å². The van der Waals surface area contributed by atoms with Gasteiger partial charge < -0.3 is 5.73 Å². The van der Waals surface area contributed by atoms with Crippen molar-refractivity contribution in [2.75, 3.05) is 0 Å². The lowest BCUT2D eigenvalue weighted by atomic mass is 9.92. The molecule has 4 heteroatoms. The van der Waals surface area contributed by atoms with E-state index in [4.69, 9.17) is 5.73 Å². The van der Waals surface area contributed by atoms with Crippen LogP contribution in [0.5, 0.6) is 0 Å². The quantitative estimate of drug-likeness (QED) is 0.834. The Morgan fingerprint density at radius 3 is 1.95 bits per heavy atom. The zero-order valence-electron chi connectivity index (χ0n) is 12.3. The van der Waals surface area contributed by atoms with Crippen LogP contribution in [-0.4, -0.2) is 0 Å². The summed E-state index contributed by atoms with van der Waals surface area (Å²) in [6.07, 6.45) is 0.410. The molecule has 0 amide bonds. The van der Waals surface area contributed by atoms with Crippen molar-refractivity contribution >= 4 is 15.9 Å². The van der Waals surface area contributed by atoms with Gasteiger partial charge in [0.1, 0.15) is 11.6 Å². The number of rotatable bonds is 3. The summed E-state index contributed by atoms with van der Waals surface area (Å²) in [6, 6.07) is 5.89. The molecule has 0 bridgehead atoms. The fraction of sp³-hybridized carbons (Fsp3) is 0.294. The number of hydrogen-bond acceptors (Lipinski definition) is 1. The van der Waals surface area contributed by atoms with Gasteiger partial charge in [0.2, 0.25) is 0 Å². The molecule has 21 heavy (non-hydrogen) atoms. The van der Waals surface area contributed by atoms with Crippen molar-refractivity contribution in [2.45, 2.75) is 33.2 Å². The molecule has 112 valence electrons. The first-order valence-electron chi connectivity index (χ1n) is 6.76. The minimum Gasteiger partial charge on any atom is -0.323 e. The second kappa shape index (κ2) is 6.24.